The van der Waals surface area contributed by atoms with Crippen molar-refractivity contribution in [3.8, 4) is 0 Å². The minimum Gasteiger partial charge on any atom is -0.322 e. The molecular weight excluding hydrogens is 284 g/mol. The summed E-state index contributed by atoms with van der Waals surface area (Å²) in [6.07, 6.45) is 0.828. The third-order valence-electron chi connectivity index (χ3n) is 2.39. The highest BCUT2D eigenvalue weighted by atomic mass is 79.9. The van der Waals surface area contributed by atoms with Gasteiger partial charge in [-0.3, -0.25) is 4.98 Å². The smallest absolute Gasteiger partial charge is 0.0577 e. The molecule has 0 bridgehead atoms. The summed E-state index contributed by atoms with van der Waals surface area (Å²) in [6.45, 7) is 1.98. The first-order chi connectivity index (χ1) is 7.66. The Morgan fingerprint density at radius 3 is 2.88 bits per heavy atom. The zero-order valence-electron chi connectivity index (χ0n) is 8.98. The monoisotopic (exact) mass is 296 g/mol. The zero-order chi connectivity index (χ0) is 11.5. The molecule has 2 rings (SSSR count). The SMILES string of the molecule is Cc1cccc(C(N)Cc2sccc2Br)n1. The molecule has 0 aliphatic heterocycles. The van der Waals surface area contributed by atoms with Crippen molar-refractivity contribution in [2.45, 2.75) is 19.4 Å². The van der Waals surface area contributed by atoms with Crippen molar-refractivity contribution in [1.82, 2.24) is 4.98 Å². The highest BCUT2D eigenvalue weighted by molar-refractivity contribution is 9.10. The van der Waals surface area contributed by atoms with Crippen molar-refractivity contribution in [1.29, 1.82) is 0 Å². The van der Waals surface area contributed by atoms with Crippen LogP contribution in [0.5, 0.6) is 0 Å². The lowest BCUT2D eigenvalue weighted by Crippen LogP contribution is -2.14. The fraction of sp³-hybridized carbons (Fsp3) is 0.250. The molecule has 0 saturated carbocycles. The van der Waals surface area contributed by atoms with E-state index in [0.29, 0.717) is 0 Å². The van der Waals surface area contributed by atoms with Gasteiger partial charge in [-0.05, 0) is 46.4 Å². The minimum atomic E-state index is -0.0325. The highest BCUT2D eigenvalue weighted by Crippen LogP contribution is 2.26. The van der Waals surface area contributed by atoms with Crippen LogP contribution in [-0.2, 0) is 6.42 Å². The predicted octanol–water partition coefficient (Wildman–Crippen LogP) is 3.46. The van der Waals surface area contributed by atoms with Crippen molar-refractivity contribution >= 4 is 27.3 Å². The summed E-state index contributed by atoms with van der Waals surface area (Å²) in [5.41, 5.74) is 8.12. The van der Waals surface area contributed by atoms with E-state index < -0.39 is 0 Å². The van der Waals surface area contributed by atoms with Crippen LogP contribution in [0.3, 0.4) is 0 Å². The molecule has 2 nitrogen and oxygen atoms in total. The number of rotatable bonds is 3. The van der Waals surface area contributed by atoms with E-state index >= 15 is 0 Å². The summed E-state index contributed by atoms with van der Waals surface area (Å²) in [7, 11) is 0. The van der Waals surface area contributed by atoms with E-state index in [0.717, 1.165) is 22.3 Å². The Morgan fingerprint density at radius 2 is 2.25 bits per heavy atom. The van der Waals surface area contributed by atoms with Crippen LogP contribution in [0.1, 0.15) is 22.3 Å². The fourth-order valence-corrected chi connectivity index (χ4v) is 3.12. The van der Waals surface area contributed by atoms with Crippen molar-refractivity contribution in [3.05, 3.63) is 50.4 Å². The Balaban J connectivity index is 2.14. The molecule has 0 fully saturated rings. The van der Waals surface area contributed by atoms with Crippen LogP contribution in [0.25, 0.3) is 0 Å². The number of aryl methyl sites for hydroxylation is 1. The third kappa shape index (κ3) is 2.70. The van der Waals surface area contributed by atoms with Crippen molar-refractivity contribution in [2.75, 3.05) is 0 Å². The number of halogens is 1. The van der Waals surface area contributed by atoms with Gasteiger partial charge in [0.2, 0.25) is 0 Å². The Morgan fingerprint density at radius 1 is 1.44 bits per heavy atom. The summed E-state index contributed by atoms with van der Waals surface area (Å²) in [5, 5.41) is 2.07. The largest absolute Gasteiger partial charge is 0.322 e. The molecule has 84 valence electrons. The second kappa shape index (κ2) is 5.08. The first-order valence-corrected chi connectivity index (χ1v) is 6.75. The first-order valence-electron chi connectivity index (χ1n) is 5.08. The maximum atomic E-state index is 6.15. The topological polar surface area (TPSA) is 38.9 Å². The molecule has 2 heterocycles. The van der Waals surface area contributed by atoms with Gasteiger partial charge in [-0.2, -0.15) is 0 Å². The number of hydrogen-bond donors (Lipinski definition) is 1. The molecule has 0 spiro atoms. The summed E-state index contributed by atoms with van der Waals surface area (Å²) in [6, 6.07) is 7.99. The maximum absolute atomic E-state index is 6.15. The molecule has 4 heteroatoms. The molecule has 0 amide bonds. The number of nitrogens with two attached hydrogens (primary N) is 1. The molecule has 2 N–H and O–H groups in total. The third-order valence-corrected chi connectivity index (χ3v) is 4.33. The first kappa shape index (κ1) is 11.8. The normalized spacial score (nSPS) is 12.7. The molecule has 0 aliphatic carbocycles. The number of nitrogens with zero attached hydrogens (tertiary/aromatic N) is 1. The van der Waals surface area contributed by atoms with Crippen molar-refractivity contribution in [3.63, 3.8) is 0 Å². The van der Waals surface area contributed by atoms with Gasteiger partial charge in [-0.25, -0.2) is 0 Å². The molecule has 0 radical (unpaired) electrons. The van der Waals surface area contributed by atoms with Crippen LogP contribution in [-0.4, -0.2) is 4.98 Å². The second-order valence-electron chi connectivity index (χ2n) is 3.71. The van der Waals surface area contributed by atoms with E-state index in [9.17, 15) is 0 Å². The predicted molar refractivity (Wildman–Crippen MR) is 71.6 cm³/mol. The summed E-state index contributed by atoms with van der Waals surface area (Å²) in [5.74, 6) is 0. The van der Waals surface area contributed by atoms with Crippen molar-refractivity contribution in [2.24, 2.45) is 5.73 Å². The van der Waals surface area contributed by atoms with E-state index in [1.165, 1.54) is 4.88 Å². The molecule has 2 aromatic rings. The molecule has 0 aliphatic rings. The Bertz CT molecular complexity index is 481. The van der Waals surface area contributed by atoms with E-state index in [2.05, 4.69) is 32.4 Å². The molecule has 1 unspecified atom stereocenters. The fourth-order valence-electron chi connectivity index (χ4n) is 1.55. The van der Waals surface area contributed by atoms with E-state index in [1.54, 1.807) is 11.3 Å². The standard InChI is InChI=1S/C12H13BrN2S/c1-8-3-2-4-11(15-8)10(14)7-12-9(13)5-6-16-12/h2-6,10H,7,14H2,1H3. The van der Waals surface area contributed by atoms with E-state index in [-0.39, 0.29) is 6.04 Å². The number of thiophene rings is 1. The van der Waals surface area contributed by atoms with Gasteiger partial charge in [0.15, 0.2) is 0 Å². The Kier molecular flexibility index (Phi) is 3.74. The second-order valence-corrected chi connectivity index (χ2v) is 5.56. The van der Waals surface area contributed by atoms with Gasteiger partial charge in [0.05, 0.1) is 11.7 Å². The highest BCUT2D eigenvalue weighted by Gasteiger charge is 2.11. The average Bonchev–Trinajstić information content (AvgIpc) is 2.64. The van der Waals surface area contributed by atoms with Crippen LogP contribution >= 0.6 is 27.3 Å². The molecule has 0 aromatic carbocycles. The Labute approximate surface area is 108 Å². The molecule has 16 heavy (non-hydrogen) atoms. The van der Waals surface area contributed by atoms with Crippen LogP contribution in [0, 0.1) is 6.92 Å². The quantitative estimate of drug-likeness (QED) is 0.942. The number of pyridine rings is 1. The van der Waals surface area contributed by atoms with Gasteiger partial charge >= 0.3 is 0 Å². The van der Waals surface area contributed by atoms with Gasteiger partial charge in [0.25, 0.3) is 0 Å². The lowest BCUT2D eigenvalue weighted by Gasteiger charge is -2.10. The van der Waals surface area contributed by atoms with Crippen LogP contribution in [0.4, 0.5) is 0 Å². The number of aromatic nitrogens is 1. The Hall–Kier alpha value is -0.710. The summed E-state index contributed by atoms with van der Waals surface area (Å²) >= 11 is 5.24. The van der Waals surface area contributed by atoms with Crippen LogP contribution in [0.15, 0.2) is 34.1 Å². The number of hydrogen-bond acceptors (Lipinski definition) is 3. The van der Waals surface area contributed by atoms with Gasteiger partial charge in [-0.1, -0.05) is 6.07 Å². The minimum absolute atomic E-state index is 0.0325. The van der Waals surface area contributed by atoms with E-state index in [4.69, 9.17) is 5.73 Å². The van der Waals surface area contributed by atoms with Crippen LogP contribution in [0.2, 0.25) is 0 Å². The van der Waals surface area contributed by atoms with Gasteiger partial charge in [0.1, 0.15) is 0 Å². The van der Waals surface area contributed by atoms with Gasteiger partial charge in [-0.15, -0.1) is 11.3 Å². The lowest BCUT2D eigenvalue weighted by atomic mass is 10.1. The lowest BCUT2D eigenvalue weighted by molar-refractivity contribution is 0.699. The zero-order valence-corrected chi connectivity index (χ0v) is 11.4. The summed E-state index contributed by atoms with van der Waals surface area (Å²) < 4.78 is 1.14. The van der Waals surface area contributed by atoms with Gasteiger partial charge < -0.3 is 5.73 Å². The van der Waals surface area contributed by atoms with Crippen molar-refractivity contribution < 1.29 is 0 Å². The van der Waals surface area contributed by atoms with E-state index in [1.807, 2.05) is 25.1 Å². The maximum Gasteiger partial charge on any atom is 0.0577 e. The molecule has 2 aromatic heterocycles. The van der Waals surface area contributed by atoms with Gasteiger partial charge in [0, 0.05) is 21.5 Å². The molecule has 0 saturated heterocycles. The average molecular weight is 297 g/mol. The molecule has 1 atom stereocenters. The van der Waals surface area contributed by atoms with Crippen LogP contribution < -0.4 is 5.73 Å². The molecular formula is C12H13BrN2S. The summed E-state index contributed by atoms with van der Waals surface area (Å²) in [4.78, 5) is 5.72.